The Morgan fingerprint density at radius 3 is 2.27 bits per heavy atom. The van der Waals surface area contributed by atoms with E-state index in [9.17, 15) is 4.79 Å². The molecule has 26 heavy (non-hydrogen) atoms. The molecule has 1 unspecified atom stereocenters. The van der Waals surface area contributed by atoms with Crippen molar-refractivity contribution in [2.45, 2.75) is 51.9 Å². The van der Waals surface area contributed by atoms with Gasteiger partial charge in [-0.05, 0) is 48.9 Å². The molecule has 4 nitrogen and oxygen atoms in total. The molecule has 148 valence electrons. The van der Waals surface area contributed by atoms with Crippen LogP contribution in [-0.2, 0) is 9.53 Å². The fraction of sp³-hybridized carbons (Fsp3) is 0.667. The van der Waals surface area contributed by atoms with Crippen molar-refractivity contribution in [2.24, 2.45) is 5.41 Å². The maximum atomic E-state index is 12.4. The van der Waals surface area contributed by atoms with Crippen LogP contribution in [0.3, 0.4) is 0 Å². The summed E-state index contributed by atoms with van der Waals surface area (Å²) in [5.74, 6) is 0.900. The highest BCUT2D eigenvalue weighted by atomic mass is 35.5. The molecule has 1 fully saturated rings. The Labute approximate surface area is 164 Å². The summed E-state index contributed by atoms with van der Waals surface area (Å²) >= 11 is 0. The molecule has 1 saturated heterocycles. The van der Waals surface area contributed by atoms with E-state index in [0.29, 0.717) is 25.5 Å². The maximum absolute atomic E-state index is 12.4. The van der Waals surface area contributed by atoms with E-state index in [1.54, 1.807) is 7.11 Å². The highest BCUT2D eigenvalue weighted by molar-refractivity contribution is 5.85. The molecule has 1 aliphatic heterocycles. The molecule has 1 heterocycles. The van der Waals surface area contributed by atoms with Crippen molar-refractivity contribution in [3.05, 3.63) is 35.4 Å². The summed E-state index contributed by atoms with van der Waals surface area (Å²) in [6.07, 6.45) is 2.63. The van der Waals surface area contributed by atoms with Crippen molar-refractivity contribution in [1.29, 1.82) is 0 Å². The van der Waals surface area contributed by atoms with E-state index >= 15 is 0 Å². The quantitative estimate of drug-likeness (QED) is 0.717. The van der Waals surface area contributed by atoms with E-state index < -0.39 is 0 Å². The molecule has 0 radical (unpaired) electrons. The molecule has 0 spiro atoms. The number of nitrogens with one attached hydrogen (secondary N) is 2. The molecule has 1 amide bonds. The molecule has 1 atom stereocenters. The van der Waals surface area contributed by atoms with Crippen molar-refractivity contribution < 1.29 is 9.53 Å². The number of hydrogen-bond acceptors (Lipinski definition) is 3. The van der Waals surface area contributed by atoms with Crippen LogP contribution in [0.1, 0.15) is 63.0 Å². The predicted octanol–water partition coefficient (Wildman–Crippen LogP) is 3.86. The summed E-state index contributed by atoms with van der Waals surface area (Å²) in [6, 6.07) is 8.67. The minimum atomic E-state index is 0. The summed E-state index contributed by atoms with van der Waals surface area (Å²) in [5, 5.41) is 6.54. The van der Waals surface area contributed by atoms with E-state index in [0.717, 1.165) is 25.9 Å². The zero-order valence-electron chi connectivity index (χ0n) is 16.6. The van der Waals surface area contributed by atoms with Gasteiger partial charge < -0.3 is 15.4 Å². The third-order valence-corrected chi connectivity index (χ3v) is 5.44. The van der Waals surface area contributed by atoms with Gasteiger partial charge in [0, 0.05) is 25.5 Å². The second-order valence-electron chi connectivity index (χ2n) is 7.89. The second-order valence-corrected chi connectivity index (χ2v) is 7.89. The Hall–Kier alpha value is -1.10. The van der Waals surface area contributed by atoms with Gasteiger partial charge in [0.05, 0.1) is 6.61 Å². The minimum Gasteiger partial charge on any atom is -0.384 e. The molecule has 1 aromatic carbocycles. The Balaban J connectivity index is 0.00000338. The Bertz CT molecular complexity index is 534. The molecule has 1 aliphatic rings. The van der Waals surface area contributed by atoms with Gasteiger partial charge in [-0.3, -0.25) is 4.79 Å². The van der Waals surface area contributed by atoms with Crippen molar-refractivity contribution in [3.63, 3.8) is 0 Å². The molecule has 1 aromatic rings. The molecule has 0 aliphatic carbocycles. The van der Waals surface area contributed by atoms with Crippen LogP contribution in [0.25, 0.3) is 0 Å². The van der Waals surface area contributed by atoms with E-state index in [4.69, 9.17) is 4.74 Å². The third-order valence-electron chi connectivity index (χ3n) is 5.44. The SMILES string of the molecule is COCC1(CNC(=O)CC(C)c2ccc(C(C)C)cc2)CCNCC1.Cl. The fourth-order valence-electron chi connectivity index (χ4n) is 3.60. The summed E-state index contributed by atoms with van der Waals surface area (Å²) < 4.78 is 5.42. The number of ether oxygens (including phenoxy) is 1. The van der Waals surface area contributed by atoms with Gasteiger partial charge in [0.2, 0.25) is 5.91 Å². The lowest BCUT2D eigenvalue weighted by molar-refractivity contribution is -0.122. The van der Waals surface area contributed by atoms with Gasteiger partial charge in [0.15, 0.2) is 0 Å². The van der Waals surface area contributed by atoms with E-state index in [1.807, 2.05) is 0 Å². The normalized spacial score (nSPS) is 17.4. The minimum absolute atomic E-state index is 0. The molecular formula is C21H35ClN2O2. The number of rotatable bonds is 8. The van der Waals surface area contributed by atoms with E-state index in [1.165, 1.54) is 11.1 Å². The second kappa shape index (κ2) is 10.9. The number of carbonyl (C=O) groups excluding carboxylic acids is 1. The van der Waals surface area contributed by atoms with Crippen molar-refractivity contribution in [1.82, 2.24) is 10.6 Å². The zero-order valence-corrected chi connectivity index (χ0v) is 17.5. The van der Waals surface area contributed by atoms with Crippen LogP contribution in [0, 0.1) is 5.41 Å². The van der Waals surface area contributed by atoms with Gasteiger partial charge in [0.1, 0.15) is 0 Å². The lowest BCUT2D eigenvalue weighted by Crippen LogP contribution is -2.47. The molecule has 0 aromatic heterocycles. The monoisotopic (exact) mass is 382 g/mol. The number of methoxy groups -OCH3 is 1. The standard InChI is InChI=1S/C21H34N2O2.ClH/c1-16(2)18-5-7-19(8-6-18)17(3)13-20(24)23-14-21(15-25-4)9-11-22-12-10-21;/h5-8,16-17,22H,9-15H2,1-4H3,(H,23,24);1H. The molecule has 2 rings (SSSR count). The topological polar surface area (TPSA) is 50.4 Å². The average Bonchev–Trinajstić information content (AvgIpc) is 2.61. The predicted molar refractivity (Wildman–Crippen MR) is 110 cm³/mol. The Morgan fingerprint density at radius 2 is 1.73 bits per heavy atom. The van der Waals surface area contributed by atoms with Crippen molar-refractivity contribution in [3.8, 4) is 0 Å². The van der Waals surface area contributed by atoms with Crippen LogP contribution in [0.4, 0.5) is 0 Å². The highest BCUT2D eigenvalue weighted by Crippen LogP contribution is 2.28. The van der Waals surface area contributed by atoms with Gasteiger partial charge in [-0.15, -0.1) is 12.4 Å². The summed E-state index contributed by atoms with van der Waals surface area (Å²) in [4.78, 5) is 12.4. The van der Waals surface area contributed by atoms with Gasteiger partial charge in [-0.2, -0.15) is 0 Å². The van der Waals surface area contributed by atoms with Crippen LogP contribution in [0.5, 0.6) is 0 Å². The first kappa shape index (κ1) is 22.9. The first-order chi connectivity index (χ1) is 12.0. The molecular weight excluding hydrogens is 348 g/mol. The average molecular weight is 383 g/mol. The first-order valence-corrected chi connectivity index (χ1v) is 9.52. The zero-order chi connectivity index (χ0) is 18.3. The smallest absolute Gasteiger partial charge is 0.220 e. The highest BCUT2D eigenvalue weighted by Gasteiger charge is 2.32. The van der Waals surface area contributed by atoms with Gasteiger partial charge >= 0.3 is 0 Å². The van der Waals surface area contributed by atoms with Crippen LogP contribution >= 0.6 is 12.4 Å². The van der Waals surface area contributed by atoms with Crippen LogP contribution in [0.15, 0.2) is 24.3 Å². The van der Waals surface area contributed by atoms with Gasteiger partial charge in [-0.25, -0.2) is 0 Å². The van der Waals surface area contributed by atoms with Crippen LogP contribution in [0.2, 0.25) is 0 Å². The lowest BCUT2D eigenvalue weighted by Gasteiger charge is -2.37. The van der Waals surface area contributed by atoms with Gasteiger partial charge in [-0.1, -0.05) is 45.0 Å². The number of hydrogen-bond donors (Lipinski definition) is 2. The number of carbonyl (C=O) groups is 1. The number of halogens is 1. The number of benzene rings is 1. The fourth-order valence-corrected chi connectivity index (χ4v) is 3.60. The van der Waals surface area contributed by atoms with Crippen LogP contribution < -0.4 is 10.6 Å². The third kappa shape index (κ3) is 6.57. The number of amides is 1. The van der Waals surface area contributed by atoms with Crippen molar-refractivity contribution in [2.75, 3.05) is 33.4 Å². The molecule has 0 saturated carbocycles. The summed E-state index contributed by atoms with van der Waals surface area (Å²) in [7, 11) is 1.74. The first-order valence-electron chi connectivity index (χ1n) is 9.52. The largest absolute Gasteiger partial charge is 0.384 e. The summed E-state index contributed by atoms with van der Waals surface area (Å²) in [5.41, 5.74) is 2.65. The molecule has 0 bridgehead atoms. The Kier molecular flexibility index (Phi) is 9.62. The molecule has 2 N–H and O–H groups in total. The molecule has 5 heteroatoms. The maximum Gasteiger partial charge on any atom is 0.220 e. The van der Waals surface area contributed by atoms with E-state index in [-0.39, 0.29) is 29.6 Å². The van der Waals surface area contributed by atoms with Gasteiger partial charge in [0.25, 0.3) is 0 Å². The van der Waals surface area contributed by atoms with Crippen molar-refractivity contribution >= 4 is 18.3 Å². The summed E-state index contributed by atoms with van der Waals surface area (Å²) in [6.45, 7) is 9.93. The lowest BCUT2D eigenvalue weighted by atomic mass is 9.79. The van der Waals surface area contributed by atoms with Crippen LogP contribution in [-0.4, -0.2) is 39.3 Å². The Morgan fingerprint density at radius 1 is 1.15 bits per heavy atom. The van der Waals surface area contributed by atoms with E-state index in [2.05, 4.69) is 55.7 Å². The number of piperidine rings is 1.